The van der Waals surface area contributed by atoms with Crippen LogP contribution >= 0.6 is 0 Å². The van der Waals surface area contributed by atoms with Gasteiger partial charge in [-0.05, 0) is 70.4 Å². The van der Waals surface area contributed by atoms with Crippen LogP contribution in [-0.2, 0) is 21.3 Å². The average molecular weight is 577 g/mol. The van der Waals surface area contributed by atoms with Gasteiger partial charge in [-0.2, -0.15) is 0 Å². The number of fused-ring (bicyclic) bond motifs is 1. The molecule has 0 aromatic heterocycles. The first-order chi connectivity index (χ1) is 20.4. The van der Waals surface area contributed by atoms with Gasteiger partial charge in [-0.25, -0.2) is 22.9 Å². The van der Waals surface area contributed by atoms with Crippen molar-refractivity contribution in [3.05, 3.63) is 138 Å². The Hall–Kier alpha value is -4.99. The van der Waals surface area contributed by atoms with Gasteiger partial charge in [-0.3, -0.25) is 0 Å². The normalized spacial score (nSPS) is 14.7. The van der Waals surface area contributed by atoms with E-state index in [4.69, 9.17) is 4.74 Å². The summed E-state index contributed by atoms with van der Waals surface area (Å²) in [6.07, 6.45) is 0. The Morgan fingerprint density at radius 1 is 0.762 bits per heavy atom. The lowest BCUT2D eigenvalue weighted by Crippen LogP contribution is -2.23. The fourth-order valence-corrected chi connectivity index (χ4v) is 5.79. The Balaban J connectivity index is 1.04. The minimum atomic E-state index is -3.75. The average Bonchev–Trinajstić information content (AvgIpc) is 3.52. The molecular weight excluding hydrogens is 548 g/mol. The highest BCUT2D eigenvalue weighted by atomic mass is 32.2. The predicted octanol–water partition coefficient (Wildman–Crippen LogP) is 6.48. The number of carbonyl (C=O) groups excluding carboxylic acids is 1. The van der Waals surface area contributed by atoms with Crippen molar-refractivity contribution in [2.24, 2.45) is 4.99 Å². The van der Waals surface area contributed by atoms with Gasteiger partial charge in [0.1, 0.15) is 12.6 Å². The number of aliphatic imine (C=N–C) groups is 1. The third kappa shape index (κ3) is 6.17. The second-order valence-corrected chi connectivity index (χ2v) is 11.6. The smallest absolute Gasteiger partial charge is 0.323 e. The lowest BCUT2D eigenvalue weighted by molar-refractivity contribution is 0.262. The number of nitrogens with zero attached hydrogens (tertiary/aromatic N) is 1. The minimum absolute atomic E-state index is 0.0360. The fraction of sp³-hybridized carbons (Fsp3) is 0.0909. The van der Waals surface area contributed by atoms with Gasteiger partial charge in [0.25, 0.3) is 0 Å². The molecule has 1 heterocycles. The van der Waals surface area contributed by atoms with Crippen LogP contribution in [0.25, 0.3) is 10.8 Å². The van der Waals surface area contributed by atoms with Crippen molar-refractivity contribution >= 4 is 44.1 Å². The van der Waals surface area contributed by atoms with Crippen LogP contribution in [0, 0.1) is 0 Å². The molecule has 0 spiro atoms. The molecule has 0 bridgehead atoms. The number of rotatable bonds is 8. The van der Waals surface area contributed by atoms with Gasteiger partial charge in [0.15, 0.2) is 0 Å². The Morgan fingerprint density at radius 2 is 1.40 bits per heavy atom. The maximum atomic E-state index is 12.9. The highest BCUT2D eigenvalue weighted by molar-refractivity contribution is 7.89. The molecule has 1 aliphatic rings. The van der Waals surface area contributed by atoms with E-state index in [1.165, 1.54) is 12.1 Å². The van der Waals surface area contributed by atoms with E-state index >= 15 is 0 Å². The number of amides is 2. The fourth-order valence-electron chi connectivity index (χ4n) is 4.79. The molecule has 0 saturated carbocycles. The van der Waals surface area contributed by atoms with E-state index in [2.05, 4.69) is 20.3 Å². The molecule has 8 nitrogen and oxygen atoms in total. The largest absolute Gasteiger partial charge is 0.475 e. The molecule has 9 heteroatoms. The van der Waals surface area contributed by atoms with Gasteiger partial charge in [0.2, 0.25) is 15.9 Å². The van der Waals surface area contributed by atoms with Crippen molar-refractivity contribution in [1.29, 1.82) is 0 Å². The molecule has 6 rings (SSSR count). The number of sulfonamides is 1. The van der Waals surface area contributed by atoms with Crippen LogP contribution in [0.4, 0.5) is 16.2 Å². The topological polar surface area (TPSA) is 109 Å². The van der Waals surface area contributed by atoms with Crippen molar-refractivity contribution in [3.63, 3.8) is 0 Å². The first-order valence-electron chi connectivity index (χ1n) is 13.4. The molecule has 0 fully saturated rings. The van der Waals surface area contributed by atoms with Gasteiger partial charge >= 0.3 is 6.03 Å². The number of anilines is 2. The zero-order chi connectivity index (χ0) is 28.9. The summed E-state index contributed by atoms with van der Waals surface area (Å²) in [5, 5.41) is 7.56. The summed E-state index contributed by atoms with van der Waals surface area (Å²) in [7, 11) is -3.75. The SMILES string of the molecule is O=C(Nc1ccc(C2=N[C@H](c3ccccc3)CO2)cc1)Nc1ccc(S(=O)(=O)NCc2cccc3ccccc23)cc1. The Labute approximate surface area is 244 Å². The first kappa shape index (κ1) is 27.2. The van der Waals surface area contributed by atoms with E-state index in [9.17, 15) is 13.2 Å². The summed E-state index contributed by atoms with van der Waals surface area (Å²) in [6, 6.07) is 36.4. The van der Waals surface area contributed by atoms with Gasteiger partial charge in [0.05, 0.1) is 4.90 Å². The highest BCUT2D eigenvalue weighted by Crippen LogP contribution is 2.25. The summed E-state index contributed by atoms with van der Waals surface area (Å²) < 4.78 is 34.3. The molecule has 42 heavy (non-hydrogen) atoms. The summed E-state index contributed by atoms with van der Waals surface area (Å²) in [4.78, 5) is 17.4. The van der Waals surface area contributed by atoms with Crippen LogP contribution in [0.3, 0.4) is 0 Å². The van der Waals surface area contributed by atoms with E-state index in [0.717, 1.165) is 27.5 Å². The number of urea groups is 1. The van der Waals surface area contributed by atoms with Crippen molar-refractivity contribution in [1.82, 2.24) is 4.72 Å². The van der Waals surface area contributed by atoms with Crippen molar-refractivity contribution in [2.75, 3.05) is 17.2 Å². The molecule has 0 saturated heterocycles. The molecular formula is C33H28N4O4S. The van der Waals surface area contributed by atoms with Gasteiger partial charge in [0, 0.05) is 23.5 Å². The molecule has 0 unspecified atom stereocenters. The van der Waals surface area contributed by atoms with E-state index in [-0.39, 0.29) is 17.5 Å². The third-order valence-electron chi connectivity index (χ3n) is 6.98. The van der Waals surface area contributed by atoms with E-state index in [0.29, 0.717) is 23.9 Å². The number of benzene rings is 5. The molecule has 0 radical (unpaired) electrons. The lowest BCUT2D eigenvalue weighted by atomic mass is 10.1. The lowest BCUT2D eigenvalue weighted by Gasteiger charge is -2.11. The van der Waals surface area contributed by atoms with Crippen molar-refractivity contribution in [3.8, 4) is 0 Å². The molecule has 1 aliphatic heterocycles. The molecule has 1 atom stereocenters. The molecule has 5 aromatic rings. The summed E-state index contributed by atoms with van der Waals surface area (Å²) in [5.74, 6) is 0.571. The second kappa shape index (κ2) is 11.9. The van der Waals surface area contributed by atoms with Crippen LogP contribution in [-0.4, -0.2) is 27.0 Å². The number of carbonyl (C=O) groups is 1. The maximum absolute atomic E-state index is 12.9. The monoisotopic (exact) mass is 576 g/mol. The van der Waals surface area contributed by atoms with E-state index < -0.39 is 16.1 Å². The molecule has 210 valence electrons. The Kier molecular flexibility index (Phi) is 7.68. The Morgan fingerprint density at radius 3 is 2.14 bits per heavy atom. The Bertz CT molecular complexity index is 1850. The number of nitrogens with one attached hydrogen (secondary N) is 3. The quantitative estimate of drug-likeness (QED) is 0.196. The standard InChI is InChI=1S/C33H28N4O4S/c38-33(35-27-15-13-25(14-16-27)32-37-31(22-41-32)24-8-2-1-3-9-24)36-28-17-19-29(20-18-28)42(39,40)34-21-26-11-6-10-23-7-4-5-12-30(23)26/h1-20,31,34H,21-22H2,(H2,35,36,38)/t31-/m0/s1. The predicted molar refractivity (Wildman–Crippen MR) is 165 cm³/mol. The second-order valence-electron chi connectivity index (χ2n) is 9.82. The highest BCUT2D eigenvalue weighted by Gasteiger charge is 2.21. The van der Waals surface area contributed by atoms with Crippen LogP contribution in [0.2, 0.25) is 0 Å². The molecule has 5 aromatic carbocycles. The minimum Gasteiger partial charge on any atom is -0.475 e. The number of hydrogen-bond donors (Lipinski definition) is 3. The van der Waals surface area contributed by atoms with Crippen molar-refractivity contribution in [2.45, 2.75) is 17.5 Å². The molecule has 2 amide bonds. The zero-order valence-corrected chi connectivity index (χ0v) is 23.3. The van der Waals surface area contributed by atoms with Crippen LogP contribution < -0.4 is 15.4 Å². The number of ether oxygens (including phenoxy) is 1. The first-order valence-corrected chi connectivity index (χ1v) is 14.9. The van der Waals surface area contributed by atoms with Gasteiger partial charge in [-0.15, -0.1) is 0 Å². The van der Waals surface area contributed by atoms with Crippen LogP contribution in [0.5, 0.6) is 0 Å². The maximum Gasteiger partial charge on any atom is 0.323 e. The van der Waals surface area contributed by atoms with Crippen LogP contribution in [0.1, 0.15) is 22.7 Å². The summed E-state index contributed by atoms with van der Waals surface area (Å²) >= 11 is 0. The summed E-state index contributed by atoms with van der Waals surface area (Å²) in [5.41, 5.74) is 3.86. The van der Waals surface area contributed by atoms with E-state index in [1.54, 1.807) is 24.3 Å². The van der Waals surface area contributed by atoms with Crippen molar-refractivity contribution < 1.29 is 17.9 Å². The summed E-state index contributed by atoms with van der Waals surface area (Å²) in [6.45, 7) is 0.653. The van der Waals surface area contributed by atoms with Crippen LogP contribution in [0.15, 0.2) is 131 Å². The molecule has 3 N–H and O–H groups in total. The molecule has 0 aliphatic carbocycles. The van der Waals surface area contributed by atoms with E-state index in [1.807, 2.05) is 84.9 Å². The van der Waals surface area contributed by atoms with Gasteiger partial charge in [-0.1, -0.05) is 72.8 Å². The zero-order valence-electron chi connectivity index (χ0n) is 22.5. The number of hydrogen-bond acceptors (Lipinski definition) is 5. The van der Waals surface area contributed by atoms with Gasteiger partial charge < -0.3 is 15.4 Å². The third-order valence-corrected chi connectivity index (χ3v) is 8.40.